The number of hydrogen-bond donors (Lipinski definition) is 1. The molecule has 0 spiro atoms. The van der Waals surface area contributed by atoms with Crippen molar-refractivity contribution in [2.45, 2.75) is 72.3 Å². The number of nitrogens with one attached hydrogen (secondary N) is 1. The first kappa shape index (κ1) is 13.0. The third-order valence-electron chi connectivity index (χ3n) is 7.25. The molecular formula is C17H31N. The second-order valence-corrected chi connectivity index (χ2v) is 8.36. The van der Waals surface area contributed by atoms with Gasteiger partial charge in [0.25, 0.3) is 0 Å². The molecule has 1 nitrogen and oxygen atoms in total. The zero-order valence-corrected chi connectivity index (χ0v) is 12.8. The van der Waals surface area contributed by atoms with E-state index in [-0.39, 0.29) is 0 Å². The van der Waals surface area contributed by atoms with E-state index >= 15 is 0 Å². The van der Waals surface area contributed by atoms with E-state index in [0.717, 1.165) is 23.8 Å². The predicted octanol–water partition coefficient (Wildman–Crippen LogP) is 4.23. The molecule has 5 unspecified atom stereocenters. The van der Waals surface area contributed by atoms with E-state index in [2.05, 4.69) is 33.0 Å². The summed E-state index contributed by atoms with van der Waals surface area (Å²) in [6.07, 6.45) is 8.74. The fourth-order valence-electron chi connectivity index (χ4n) is 5.33. The van der Waals surface area contributed by atoms with Crippen molar-refractivity contribution < 1.29 is 0 Å². The predicted molar refractivity (Wildman–Crippen MR) is 77.5 cm³/mol. The molecule has 0 aromatic carbocycles. The Morgan fingerprint density at radius 3 is 2.33 bits per heavy atom. The van der Waals surface area contributed by atoms with E-state index in [9.17, 15) is 0 Å². The van der Waals surface area contributed by atoms with Crippen LogP contribution in [-0.2, 0) is 0 Å². The highest BCUT2D eigenvalue weighted by molar-refractivity contribution is 5.13. The Balaban J connectivity index is 1.59. The molecule has 5 atom stereocenters. The second-order valence-electron chi connectivity index (χ2n) is 8.36. The van der Waals surface area contributed by atoms with Crippen LogP contribution < -0.4 is 5.32 Å². The summed E-state index contributed by atoms with van der Waals surface area (Å²) in [6, 6.07) is 0.794. The SMILES string of the molecule is CC1CCC(CNC2CC3CCC2(C)C3(C)C)C1. The lowest BCUT2D eigenvalue weighted by Crippen LogP contribution is -2.45. The van der Waals surface area contributed by atoms with Gasteiger partial charge in [-0.1, -0.05) is 34.1 Å². The molecule has 0 radical (unpaired) electrons. The Kier molecular flexibility index (Phi) is 3.05. The first-order valence-electron chi connectivity index (χ1n) is 8.17. The van der Waals surface area contributed by atoms with Crippen LogP contribution in [-0.4, -0.2) is 12.6 Å². The Bertz CT molecular complexity index is 322. The van der Waals surface area contributed by atoms with Crippen molar-refractivity contribution in [3.63, 3.8) is 0 Å². The van der Waals surface area contributed by atoms with Crippen LogP contribution in [0.25, 0.3) is 0 Å². The first-order chi connectivity index (χ1) is 8.43. The third kappa shape index (κ3) is 1.77. The summed E-state index contributed by atoms with van der Waals surface area (Å²) in [6.45, 7) is 11.3. The topological polar surface area (TPSA) is 12.0 Å². The van der Waals surface area contributed by atoms with E-state index < -0.39 is 0 Å². The van der Waals surface area contributed by atoms with Crippen molar-refractivity contribution in [1.29, 1.82) is 0 Å². The zero-order chi connectivity index (χ0) is 13.0. The van der Waals surface area contributed by atoms with Gasteiger partial charge in [0, 0.05) is 6.04 Å². The summed E-state index contributed by atoms with van der Waals surface area (Å²) >= 11 is 0. The van der Waals surface area contributed by atoms with Crippen LogP contribution in [0.2, 0.25) is 0 Å². The second kappa shape index (κ2) is 4.23. The molecule has 0 aromatic rings. The smallest absolute Gasteiger partial charge is 0.0129 e. The minimum atomic E-state index is 0.557. The lowest BCUT2D eigenvalue weighted by molar-refractivity contribution is 0.119. The summed E-state index contributed by atoms with van der Waals surface area (Å²) in [5.41, 5.74) is 1.12. The van der Waals surface area contributed by atoms with Gasteiger partial charge < -0.3 is 5.32 Å². The van der Waals surface area contributed by atoms with Gasteiger partial charge in [-0.2, -0.15) is 0 Å². The lowest BCUT2D eigenvalue weighted by Gasteiger charge is -2.40. The minimum absolute atomic E-state index is 0.557. The molecule has 1 N–H and O–H groups in total. The van der Waals surface area contributed by atoms with Crippen LogP contribution in [0, 0.1) is 28.6 Å². The summed E-state index contributed by atoms with van der Waals surface area (Å²) in [5.74, 6) is 2.91. The molecule has 0 amide bonds. The molecule has 3 fully saturated rings. The normalized spacial score (nSPS) is 50.0. The Morgan fingerprint density at radius 2 is 1.83 bits per heavy atom. The highest BCUT2D eigenvalue weighted by Gasteiger charge is 2.61. The van der Waals surface area contributed by atoms with Crippen LogP contribution in [0.15, 0.2) is 0 Å². The molecule has 3 aliphatic carbocycles. The van der Waals surface area contributed by atoms with Crippen LogP contribution in [0.5, 0.6) is 0 Å². The van der Waals surface area contributed by atoms with Gasteiger partial charge in [0.1, 0.15) is 0 Å². The molecule has 104 valence electrons. The van der Waals surface area contributed by atoms with Gasteiger partial charge in [0.2, 0.25) is 0 Å². The highest BCUT2D eigenvalue weighted by atomic mass is 15.0. The molecular weight excluding hydrogens is 218 g/mol. The van der Waals surface area contributed by atoms with Crippen LogP contribution in [0.1, 0.15) is 66.2 Å². The molecule has 18 heavy (non-hydrogen) atoms. The van der Waals surface area contributed by atoms with Crippen LogP contribution in [0.4, 0.5) is 0 Å². The van der Waals surface area contributed by atoms with E-state index in [1.807, 2.05) is 0 Å². The van der Waals surface area contributed by atoms with E-state index in [1.54, 1.807) is 0 Å². The van der Waals surface area contributed by atoms with Gasteiger partial charge in [0.05, 0.1) is 0 Å². The van der Waals surface area contributed by atoms with Crippen molar-refractivity contribution in [2.75, 3.05) is 6.54 Å². The minimum Gasteiger partial charge on any atom is -0.313 e. The third-order valence-corrected chi connectivity index (χ3v) is 7.25. The number of rotatable bonds is 3. The van der Waals surface area contributed by atoms with Crippen LogP contribution >= 0.6 is 0 Å². The van der Waals surface area contributed by atoms with Crippen LogP contribution in [0.3, 0.4) is 0 Å². The van der Waals surface area contributed by atoms with E-state index in [1.165, 1.54) is 45.1 Å². The van der Waals surface area contributed by atoms with Crippen molar-refractivity contribution in [3.8, 4) is 0 Å². The van der Waals surface area contributed by atoms with E-state index in [0.29, 0.717) is 10.8 Å². The maximum absolute atomic E-state index is 3.97. The molecule has 0 saturated heterocycles. The molecule has 1 heteroatoms. The van der Waals surface area contributed by atoms with Gasteiger partial charge in [-0.25, -0.2) is 0 Å². The van der Waals surface area contributed by atoms with Gasteiger partial charge in [0.15, 0.2) is 0 Å². The summed E-state index contributed by atoms with van der Waals surface area (Å²) < 4.78 is 0. The maximum Gasteiger partial charge on any atom is 0.0129 e. The fraction of sp³-hybridized carbons (Fsp3) is 1.00. The molecule has 0 aliphatic heterocycles. The van der Waals surface area contributed by atoms with Crippen molar-refractivity contribution >= 4 is 0 Å². The Morgan fingerprint density at radius 1 is 1.06 bits per heavy atom. The molecule has 0 aromatic heterocycles. The number of hydrogen-bond acceptors (Lipinski definition) is 1. The first-order valence-corrected chi connectivity index (χ1v) is 8.17. The summed E-state index contributed by atoms with van der Waals surface area (Å²) in [7, 11) is 0. The monoisotopic (exact) mass is 249 g/mol. The maximum atomic E-state index is 3.97. The zero-order valence-electron chi connectivity index (χ0n) is 12.8. The molecule has 3 saturated carbocycles. The van der Waals surface area contributed by atoms with Gasteiger partial charge in [-0.05, 0) is 67.2 Å². The molecule has 0 heterocycles. The standard InChI is InChI=1S/C17H31N/c1-12-5-6-13(9-12)11-18-15-10-14-7-8-17(15,4)16(14,2)3/h12-15,18H,5-11H2,1-4H3. The fourth-order valence-corrected chi connectivity index (χ4v) is 5.33. The Hall–Kier alpha value is -0.0400. The average Bonchev–Trinajstić information content (AvgIpc) is 2.87. The largest absolute Gasteiger partial charge is 0.313 e. The van der Waals surface area contributed by atoms with Crippen molar-refractivity contribution in [3.05, 3.63) is 0 Å². The van der Waals surface area contributed by atoms with Crippen molar-refractivity contribution in [2.24, 2.45) is 28.6 Å². The van der Waals surface area contributed by atoms with Gasteiger partial charge in [-0.3, -0.25) is 0 Å². The Labute approximate surface area is 113 Å². The quantitative estimate of drug-likeness (QED) is 0.789. The summed E-state index contributed by atoms with van der Waals surface area (Å²) in [4.78, 5) is 0. The highest BCUT2D eigenvalue weighted by Crippen LogP contribution is 2.65. The average molecular weight is 249 g/mol. The molecule has 3 aliphatic rings. The lowest BCUT2D eigenvalue weighted by atomic mass is 9.69. The van der Waals surface area contributed by atoms with E-state index in [4.69, 9.17) is 0 Å². The molecule has 2 bridgehead atoms. The number of fused-ring (bicyclic) bond motifs is 2. The van der Waals surface area contributed by atoms with Crippen molar-refractivity contribution in [1.82, 2.24) is 5.32 Å². The van der Waals surface area contributed by atoms with Gasteiger partial charge >= 0.3 is 0 Å². The van der Waals surface area contributed by atoms with Gasteiger partial charge in [-0.15, -0.1) is 0 Å². The molecule has 3 rings (SSSR count). The summed E-state index contributed by atoms with van der Waals surface area (Å²) in [5, 5.41) is 3.97.